The fourth-order valence-corrected chi connectivity index (χ4v) is 4.78. The van der Waals surface area contributed by atoms with Crippen molar-refractivity contribution >= 4 is 16.9 Å². The molecular formula is C33H40FN3O2. The highest BCUT2D eigenvalue weighted by atomic mass is 19.1. The third-order valence-corrected chi connectivity index (χ3v) is 7.32. The largest absolute Gasteiger partial charge is 0.494 e. The highest BCUT2D eigenvalue weighted by molar-refractivity contribution is 5.94. The number of aromatic nitrogens is 2. The number of unbranched alkanes of at least 4 members (excludes halogenated alkanes) is 3. The normalized spacial score (nSPS) is 12.0. The van der Waals surface area contributed by atoms with Crippen molar-refractivity contribution in [3.05, 3.63) is 95.6 Å². The summed E-state index contributed by atoms with van der Waals surface area (Å²) in [4.78, 5) is 17.1. The number of hydrogen-bond donors (Lipinski definition) is 1. The molecule has 6 heteroatoms. The molecule has 0 saturated carbocycles. The Bertz CT molecular complexity index is 1330. The minimum atomic E-state index is -0.490. The molecule has 39 heavy (non-hydrogen) atoms. The molecule has 3 aromatic carbocycles. The van der Waals surface area contributed by atoms with E-state index in [0.717, 1.165) is 68.6 Å². The van der Waals surface area contributed by atoms with Crippen LogP contribution in [-0.4, -0.2) is 28.6 Å². The van der Waals surface area contributed by atoms with Gasteiger partial charge < -0.3 is 14.6 Å². The fraction of sp³-hybridized carbons (Fsp3) is 0.394. The van der Waals surface area contributed by atoms with Crippen LogP contribution in [0.3, 0.4) is 0 Å². The molecule has 206 valence electrons. The Morgan fingerprint density at radius 1 is 0.949 bits per heavy atom. The number of hydrogen-bond acceptors (Lipinski definition) is 3. The van der Waals surface area contributed by atoms with Gasteiger partial charge in [-0.2, -0.15) is 0 Å². The van der Waals surface area contributed by atoms with Crippen molar-refractivity contribution in [3.8, 4) is 5.75 Å². The van der Waals surface area contributed by atoms with Gasteiger partial charge in [0.05, 0.1) is 23.2 Å². The Labute approximate surface area is 231 Å². The molecule has 1 amide bonds. The van der Waals surface area contributed by atoms with Crippen molar-refractivity contribution in [2.24, 2.45) is 0 Å². The lowest BCUT2D eigenvalue weighted by molar-refractivity contribution is 0.0949. The summed E-state index contributed by atoms with van der Waals surface area (Å²) in [6, 6.07) is 22.9. The van der Waals surface area contributed by atoms with Gasteiger partial charge >= 0.3 is 0 Å². The number of halogens is 1. The number of carbonyl (C=O) groups is 1. The van der Waals surface area contributed by atoms with Gasteiger partial charge in [0.25, 0.3) is 5.91 Å². The molecule has 4 rings (SSSR count). The summed E-state index contributed by atoms with van der Waals surface area (Å²) in [5.74, 6) is 1.76. The first-order valence-electron chi connectivity index (χ1n) is 14.3. The third kappa shape index (κ3) is 7.92. The lowest BCUT2D eigenvalue weighted by Gasteiger charge is -2.12. The van der Waals surface area contributed by atoms with E-state index in [-0.39, 0.29) is 11.5 Å². The number of benzene rings is 3. The number of fused-ring (bicyclic) bond motifs is 1. The summed E-state index contributed by atoms with van der Waals surface area (Å²) in [7, 11) is 0. The number of amides is 1. The molecule has 0 spiro atoms. The predicted octanol–water partition coefficient (Wildman–Crippen LogP) is 7.69. The molecule has 1 N–H and O–H groups in total. The maximum Gasteiger partial charge on any atom is 0.254 e. The number of carbonyl (C=O) groups excluding carboxylic acids is 1. The Balaban J connectivity index is 1.21. The van der Waals surface area contributed by atoms with E-state index in [1.807, 2.05) is 6.07 Å². The van der Waals surface area contributed by atoms with Gasteiger partial charge in [-0.1, -0.05) is 56.7 Å². The van der Waals surface area contributed by atoms with Crippen molar-refractivity contribution in [2.75, 3.05) is 13.2 Å². The van der Waals surface area contributed by atoms with Gasteiger partial charge in [-0.05, 0) is 80.0 Å². The topological polar surface area (TPSA) is 56.1 Å². The number of ether oxygens (including phenoxy) is 1. The summed E-state index contributed by atoms with van der Waals surface area (Å²) < 4.78 is 22.1. The second kappa shape index (κ2) is 14.5. The van der Waals surface area contributed by atoms with Crippen LogP contribution in [0.5, 0.6) is 5.75 Å². The second-order valence-corrected chi connectivity index (χ2v) is 10.1. The molecular weight excluding hydrogens is 489 g/mol. The number of nitrogens with zero attached hydrogens (tertiary/aromatic N) is 2. The predicted molar refractivity (Wildman–Crippen MR) is 156 cm³/mol. The van der Waals surface area contributed by atoms with Crippen LogP contribution in [0.1, 0.15) is 80.0 Å². The van der Waals surface area contributed by atoms with Crippen LogP contribution >= 0.6 is 0 Å². The summed E-state index contributed by atoms with van der Waals surface area (Å²) >= 11 is 0. The number of imidazole rings is 1. The Hall–Kier alpha value is -3.67. The van der Waals surface area contributed by atoms with Gasteiger partial charge in [0, 0.05) is 19.5 Å². The van der Waals surface area contributed by atoms with Gasteiger partial charge in [0.1, 0.15) is 17.4 Å². The summed E-state index contributed by atoms with van der Waals surface area (Å²) in [6.45, 7) is 6.60. The van der Waals surface area contributed by atoms with Crippen LogP contribution in [0, 0.1) is 5.82 Å². The zero-order valence-electron chi connectivity index (χ0n) is 23.2. The Kier molecular flexibility index (Phi) is 10.5. The first-order valence-corrected chi connectivity index (χ1v) is 14.3. The highest BCUT2D eigenvalue weighted by Crippen LogP contribution is 2.22. The number of para-hydroxylation sites is 2. The van der Waals surface area contributed by atoms with Crippen LogP contribution in [0.15, 0.2) is 72.8 Å². The van der Waals surface area contributed by atoms with E-state index in [9.17, 15) is 9.18 Å². The molecule has 1 heterocycles. The highest BCUT2D eigenvalue weighted by Gasteiger charge is 2.12. The van der Waals surface area contributed by atoms with Crippen molar-refractivity contribution < 1.29 is 13.9 Å². The Morgan fingerprint density at radius 2 is 1.72 bits per heavy atom. The van der Waals surface area contributed by atoms with Gasteiger partial charge in [-0.3, -0.25) is 4.79 Å². The molecule has 0 aliphatic heterocycles. The minimum Gasteiger partial charge on any atom is -0.494 e. The van der Waals surface area contributed by atoms with Crippen molar-refractivity contribution in [2.45, 2.75) is 71.3 Å². The lowest BCUT2D eigenvalue weighted by atomic mass is 9.99. The molecule has 1 atom stereocenters. The van der Waals surface area contributed by atoms with E-state index >= 15 is 0 Å². The monoisotopic (exact) mass is 529 g/mol. The average molecular weight is 530 g/mol. The van der Waals surface area contributed by atoms with Crippen molar-refractivity contribution in [1.29, 1.82) is 0 Å². The molecule has 4 aromatic rings. The van der Waals surface area contributed by atoms with Crippen LogP contribution in [0.2, 0.25) is 0 Å². The smallest absolute Gasteiger partial charge is 0.254 e. The minimum absolute atomic E-state index is 0.0936. The third-order valence-electron chi connectivity index (χ3n) is 7.32. The molecule has 0 radical (unpaired) electrons. The Morgan fingerprint density at radius 3 is 2.51 bits per heavy atom. The molecule has 1 unspecified atom stereocenters. The lowest BCUT2D eigenvalue weighted by Crippen LogP contribution is -2.25. The summed E-state index contributed by atoms with van der Waals surface area (Å²) in [5.41, 5.74) is 3.65. The van der Waals surface area contributed by atoms with E-state index in [0.29, 0.717) is 19.1 Å². The van der Waals surface area contributed by atoms with Crippen LogP contribution in [-0.2, 0) is 13.0 Å². The van der Waals surface area contributed by atoms with Gasteiger partial charge in [-0.25, -0.2) is 9.37 Å². The number of aryl methyl sites for hydroxylation is 2. The molecule has 5 nitrogen and oxygen atoms in total. The quantitative estimate of drug-likeness (QED) is 0.161. The molecule has 0 fully saturated rings. The zero-order chi connectivity index (χ0) is 27.5. The van der Waals surface area contributed by atoms with Gasteiger partial charge in [0.2, 0.25) is 0 Å². The first-order chi connectivity index (χ1) is 19.1. The summed E-state index contributed by atoms with van der Waals surface area (Å²) in [6.07, 6.45) is 6.80. The number of nitrogens with one attached hydrogen (secondary N) is 1. The van der Waals surface area contributed by atoms with E-state index in [1.54, 1.807) is 12.1 Å². The standard InChI is InChI=1S/C33H40FN3O2/c1-3-25(2)26-18-20-27(21-19-26)39-24-12-11-23-37-31-16-9-8-15-30(31)36-32(37)17-5-4-10-22-35-33(38)28-13-6-7-14-29(28)34/h6-9,13-16,18-21,25H,3-5,10-12,17,22-24H2,1-2H3,(H,35,38). The summed E-state index contributed by atoms with van der Waals surface area (Å²) in [5, 5.41) is 2.82. The first kappa shape index (κ1) is 28.3. The fourth-order valence-electron chi connectivity index (χ4n) is 4.78. The molecule has 0 aliphatic rings. The van der Waals surface area contributed by atoms with E-state index in [4.69, 9.17) is 9.72 Å². The zero-order valence-corrected chi connectivity index (χ0v) is 23.2. The molecule has 0 aliphatic carbocycles. The number of rotatable bonds is 15. The van der Waals surface area contributed by atoms with E-state index in [1.165, 1.54) is 23.2 Å². The van der Waals surface area contributed by atoms with Crippen molar-refractivity contribution in [3.63, 3.8) is 0 Å². The SMILES string of the molecule is CCC(C)c1ccc(OCCCCn2c(CCCCCNC(=O)c3ccccc3F)nc3ccccc32)cc1. The molecule has 0 bridgehead atoms. The molecule has 0 saturated heterocycles. The van der Waals surface area contributed by atoms with Crippen LogP contribution < -0.4 is 10.1 Å². The van der Waals surface area contributed by atoms with Gasteiger partial charge in [-0.15, -0.1) is 0 Å². The van der Waals surface area contributed by atoms with Gasteiger partial charge in [0.15, 0.2) is 0 Å². The second-order valence-electron chi connectivity index (χ2n) is 10.1. The van der Waals surface area contributed by atoms with E-state index in [2.05, 4.69) is 66.2 Å². The van der Waals surface area contributed by atoms with Crippen LogP contribution in [0.25, 0.3) is 11.0 Å². The maximum absolute atomic E-state index is 13.8. The van der Waals surface area contributed by atoms with E-state index < -0.39 is 5.82 Å². The maximum atomic E-state index is 13.8. The van der Waals surface area contributed by atoms with Crippen LogP contribution in [0.4, 0.5) is 4.39 Å². The molecule has 1 aromatic heterocycles. The van der Waals surface area contributed by atoms with Crippen molar-refractivity contribution in [1.82, 2.24) is 14.9 Å². The average Bonchev–Trinajstić information content (AvgIpc) is 3.32.